The van der Waals surface area contributed by atoms with Gasteiger partial charge in [0, 0.05) is 7.11 Å². The summed E-state index contributed by atoms with van der Waals surface area (Å²) in [5.41, 5.74) is 0.130. The molecule has 2 N–H and O–H groups in total. The van der Waals surface area contributed by atoms with Crippen LogP contribution < -0.4 is 0 Å². The van der Waals surface area contributed by atoms with Gasteiger partial charge < -0.3 is 14.9 Å². The van der Waals surface area contributed by atoms with E-state index in [1.165, 1.54) is 25.7 Å². The van der Waals surface area contributed by atoms with E-state index in [-0.39, 0.29) is 11.5 Å². The summed E-state index contributed by atoms with van der Waals surface area (Å²) in [7, 11) is 1.90. The number of aliphatic hydroxyl groups is 2. The molecule has 4 rings (SSSR count). The SMILES string of the molecule is CO[C@H]1C[C@H]2C[C@](C)(O)CC[C@]2(C)[C@H]2CC[C@]3(C)C(C(C)O)CC[C@H]3[C@H]12. The van der Waals surface area contributed by atoms with Crippen LogP contribution in [-0.2, 0) is 4.74 Å². The highest BCUT2D eigenvalue weighted by atomic mass is 16.5. The largest absolute Gasteiger partial charge is 0.393 e. The van der Waals surface area contributed by atoms with Gasteiger partial charge in [0.05, 0.1) is 17.8 Å². The average molecular weight is 365 g/mol. The van der Waals surface area contributed by atoms with E-state index in [9.17, 15) is 10.2 Å². The molecule has 0 aromatic carbocycles. The highest BCUT2D eigenvalue weighted by molar-refractivity contribution is 5.12. The van der Waals surface area contributed by atoms with Crippen molar-refractivity contribution in [1.29, 1.82) is 0 Å². The molecule has 4 saturated carbocycles. The van der Waals surface area contributed by atoms with Crippen molar-refractivity contribution in [2.75, 3.05) is 7.11 Å². The van der Waals surface area contributed by atoms with E-state index in [0.29, 0.717) is 41.1 Å². The molecule has 4 fully saturated rings. The summed E-state index contributed by atoms with van der Waals surface area (Å²) in [5, 5.41) is 21.1. The number of fused-ring (bicyclic) bond motifs is 5. The molecular weight excluding hydrogens is 324 g/mol. The predicted molar refractivity (Wildman–Crippen MR) is 104 cm³/mol. The molecule has 0 aromatic heterocycles. The van der Waals surface area contributed by atoms with Gasteiger partial charge in [-0.15, -0.1) is 0 Å². The Bertz CT molecular complexity index is 544. The Balaban J connectivity index is 1.67. The Hall–Kier alpha value is -0.120. The van der Waals surface area contributed by atoms with Crippen molar-refractivity contribution in [3.63, 3.8) is 0 Å². The zero-order chi connectivity index (χ0) is 18.9. The van der Waals surface area contributed by atoms with Crippen LogP contribution in [0.1, 0.15) is 79.1 Å². The van der Waals surface area contributed by atoms with Gasteiger partial charge in [-0.2, -0.15) is 0 Å². The highest BCUT2D eigenvalue weighted by Gasteiger charge is 2.63. The van der Waals surface area contributed by atoms with Gasteiger partial charge in [-0.3, -0.25) is 0 Å². The minimum absolute atomic E-state index is 0.195. The molecule has 0 saturated heterocycles. The standard InChI is InChI=1S/C23H40O3/c1-14(24)16-6-7-17-20-18(8-9-23(16,17)4)22(3)11-10-21(2,25)13-15(22)12-19(20)26-5/h14-20,24-25H,6-13H2,1-5H3/t14?,15-,16?,17-,18-,19-,20-,21+,22-,23+/m0/s1. The van der Waals surface area contributed by atoms with Crippen molar-refractivity contribution in [3.8, 4) is 0 Å². The van der Waals surface area contributed by atoms with Crippen LogP contribution in [0.25, 0.3) is 0 Å². The maximum atomic E-state index is 10.7. The second kappa shape index (κ2) is 6.19. The fourth-order valence-electron chi connectivity index (χ4n) is 8.46. The van der Waals surface area contributed by atoms with Gasteiger partial charge >= 0.3 is 0 Å². The van der Waals surface area contributed by atoms with E-state index in [1.807, 2.05) is 21.0 Å². The van der Waals surface area contributed by atoms with Crippen LogP contribution in [-0.4, -0.2) is 35.1 Å². The summed E-state index contributed by atoms with van der Waals surface area (Å²) in [5.74, 6) is 3.06. The molecule has 4 aliphatic rings. The number of ether oxygens (including phenoxy) is 1. The van der Waals surface area contributed by atoms with Crippen molar-refractivity contribution in [2.24, 2.45) is 40.4 Å². The van der Waals surface area contributed by atoms with Crippen molar-refractivity contribution < 1.29 is 14.9 Å². The number of hydrogen-bond acceptors (Lipinski definition) is 3. The van der Waals surface area contributed by atoms with Gasteiger partial charge in [0.15, 0.2) is 0 Å². The first-order valence-corrected chi connectivity index (χ1v) is 11.1. The first kappa shape index (κ1) is 19.2. The van der Waals surface area contributed by atoms with Gasteiger partial charge in [-0.25, -0.2) is 0 Å². The molecule has 4 aliphatic carbocycles. The topological polar surface area (TPSA) is 49.7 Å². The van der Waals surface area contributed by atoms with Crippen LogP contribution in [0.3, 0.4) is 0 Å². The maximum Gasteiger partial charge on any atom is 0.0622 e. The van der Waals surface area contributed by atoms with Crippen LogP contribution >= 0.6 is 0 Å². The van der Waals surface area contributed by atoms with Crippen LogP contribution in [0.15, 0.2) is 0 Å². The van der Waals surface area contributed by atoms with Crippen molar-refractivity contribution >= 4 is 0 Å². The number of rotatable bonds is 2. The normalized spacial score (nSPS) is 57.8. The minimum atomic E-state index is -0.497. The first-order valence-electron chi connectivity index (χ1n) is 11.1. The van der Waals surface area contributed by atoms with E-state index < -0.39 is 5.60 Å². The molecule has 3 heteroatoms. The summed E-state index contributed by atoms with van der Waals surface area (Å²) in [4.78, 5) is 0. The lowest BCUT2D eigenvalue weighted by Crippen LogP contribution is -2.60. The van der Waals surface area contributed by atoms with Gasteiger partial charge in [0.2, 0.25) is 0 Å². The molecule has 0 aliphatic heterocycles. The molecular formula is C23H40O3. The summed E-state index contributed by atoms with van der Waals surface area (Å²) >= 11 is 0. The quantitative estimate of drug-likeness (QED) is 0.763. The zero-order valence-electron chi connectivity index (χ0n) is 17.5. The smallest absolute Gasteiger partial charge is 0.0622 e. The van der Waals surface area contributed by atoms with Gasteiger partial charge in [0.1, 0.15) is 0 Å². The Kier molecular flexibility index (Phi) is 4.57. The monoisotopic (exact) mass is 364 g/mol. The minimum Gasteiger partial charge on any atom is -0.393 e. The summed E-state index contributed by atoms with van der Waals surface area (Å²) in [6.45, 7) is 9.02. The lowest BCUT2D eigenvalue weighted by molar-refractivity contribution is -0.193. The van der Waals surface area contributed by atoms with Gasteiger partial charge in [0.25, 0.3) is 0 Å². The summed E-state index contributed by atoms with van der Waals surface area (Å²) in [6, 6.07) is 0. The fourth-order valence-corrected chi connectivity index (χ4v) is 8.46. The van der Waals surface area contributed by atoms with Crippen LogP contribution in [0, 0.1) is 40.4 Å². The second-order valence-electron chi connectivity index (χ2n) is 11.2. The Morgan fingerprint density at radius 3 is 2.31 bits per heavy atom. The molecule has 10 atom stereocenters. The predicted octanol–water partition coefficient (Wildman–Crippen LogP) is 4.40. The van der Waals surface area contributed by atoms with Crippen LogP contribution in [0.5, 0.6) is 0 Å². The van der Waals surface area contributed by atoms with Crippen molar-refractivity contribution in [3.05, 3.63) is 0 Å². The van der Waals surface area contributed by atoms with E-state index >= 15 is 0 Å². The third-order valence-electron chi connectivity index (χ3n) is 9.91. The first-order chi connectivity index (χ1) is 12.1. The third kappa shape index (κ3) is 2.63. The Morgan fingerprint density at radius 2 is 1.65 bits per heavy atom. The van der Waals surface area contributed by atoms with Crippen LogP contribution in [0.4, 0.5) is 0 Å². The van der Waals surface area contributed by atoms with E-state index in [0.717, 1.165) is 25.7 Å². The van der Waals surface area contributed by atoms with Crippen molar-refractivity contribution in [1.82, 2.24) is 0 Å². The van der Waals surface area contributed by atoms with E-state index in [4.69, 9.17) is 4.74 Å². The molecule has 26 heavy (non-hydrogen) atoms. The van der Waals surface area contributed by atoms with E-state index in [2.05, 4.69) is 13.8 Å². The molecule has 0 aromatic rings. The lowest BCUT2D eigenvalue weighted by atomic mass is 9.43. The molecule has 0 bridgehead atoms. The second-order valence-corrected chi connectivity index (χ2v) is 11.2. The number of aliphatic hydroxyl groups excluding tert-OH is 1. The van der Waals surface area contributed by atoms with Crippen molar-refractivity contribution in [2.45, 2.75) is 96.9 Å². The van der Waals surface area contributed by atoms with Gasteiger partial charge in [-0.1, -0.05) is 13.8 Å². The molecule has 0 radical (unpaired) electrons. The number of methoxy groups -OCH3 is 1. The van der Waals surface area contributed by atoms with E-state index in [1.54, 1.807) is 0 Å². The molecule has 2 unspecified atom stereocenters. The maximum absolute atomic E-state index is 10.7. The summed E-state index contributed by atoms with van der Waals surface area (Å²) < 4.78 is 6.13. The summed E-state index contributed by atoms with van der Waals surface area (Å²) in [6.07, 6.45) is 9.23. The highest BCUT2D eigenvalue weighted by Crippen LogP contribution is 2.68. The lowest BCUT2D eigenvalue weighted by Gasteiger charge is -2.63. The molecule has 0 amide bonds. The third-order valence-corrected chi connectivity index (χ3v) is 9.91. The average Bonchev–Trinajstić information content (AvgIpc) is 2.92. The number of hydrogen-bond donors (Lipinski definition) is 2. The van der Waals surface area contributed by atoms with Gasteiger partial charge in [-0.05, 0) is 106 Å². The molecule has 3 nitrogen and oxygen atoms in total. The Morgan fingerprint density at radius 1 is 0.962 bits per heavy atom. The van der Waals surface area contributed by atoms with Crippen LogP contribution in [0.2, 0.25) is 0 Å². The molecule has 150 valence electrons. The Labute approximate surface area is 159 Å². The zero-order valence-corrected chi connectivity index (χ0v) is 17.5. The molecule has 0 spiro atoms. The fraction of sp³-hybridized carbons (Fsp3) is 1.00. The molecule has 0 heterocycles.